The molecule has 0 radical (unpaired) electrons. The molecule has 1 aliphatic heterocycles. The van der Waals surface area contributed by atoms with E-state index in [1.807, 2.05) is 0 Å². The summed E-state index contributed by atoms with van der Waals surface area (Å²) < 4.78 is 2.76. The normalized spacial score (nSPS) is 33.8. The maximum Gasteiger partial charge on any atom is 0.226 e. The Kier molecular flexibility index (Phi) is 3.59. The topological polar surface area (TPSA) is 53.9 Å². The molecule has 22 heavy (non-hydrogen) atoms. The van der Waals surface area contributed by atoms with E-state index in [1.54, 1.807) is 0 Å². The second-order valence-electron chi connectivity index (χ2n) is 7.04. The van der Waals surface area contributed by atoms with E-state index in [2.05, 4.69) is 26.6 Å². The SMILES string of the molecule is CCn1c([C@@H]2CCCN(C(=O)C3[C@H]4CCC[C@H]34)C2)n[nH]c1=S. The lowest BCUT2D eigenvalue weighted by Crippen LogP contribution is -2.41. The average Bonchev–Trinajstić information content (AvgIpc) is 2.88. The van der Waals surface area contributed by atoms with Crippen molar-refractivity contribution in [3.63, 3.8) is 0 Å². The van der Waals surface area contributed by atoms with E-state index >= 15 is 0 Å². The predicted molar refractivity (Wildman–Crippen MR) is 86.0 cm³/mol. The van der Waals surface area contributed by atoms with E-state index in [-0.39, 0.29) is 0 Å². The maximum absolute atomic E-state index is 12.8. The number of H-pyrrole nitrogens is 1. The third-order valence-electron chi connectivity index (χ3n) is 5.89. The number of aromatic nitrogens is 3. The quantitative estimate of drug-likeness (QED) is 0.871. The number of hydrogen-bond acceptors (Lipinski definition) is 3. The number of piperidine rings is 1. The molecule has 1 aromatic rings. The zero-order valence-electron chi connectivity index (χ0n) is 13.1. The van der Waals surface area contributed by atoms with Gasteiger partial charge in [-0.1, -0.05) is 6.42 Å². The van der Waals surface area contributed by atoms with Crippen molar-refractivity contribution in [2.75, 3.05) is 13.1 Å². The van der Waals surface area contributed by atoms with Crippen molar-refractivity contribution >= 4 is 18.1 Å². The molecular weight excluding hydrogens is 296 g/mol. The number of aromatic amines is 1. The van der Waals surface area contributed by atoms with Gasteiger partial charge in [-0.2, -0.15) is 5.10 Å². The number of nitrogens with one attached hydrogen (secondary N) is 1. The third-order valence-corrected chi connectivity index (χ3v) is 6.21. The fraction of sp³-hybridized carbons (Fsp3) is 0.812. The highest BCUT2D eigenvalue weighted by molar-refractivity contribution is 7.71. The number of amides is 1. The molecule has 3 atom stereocenters. The summed E-state index contributed by atoms with van der Waals surface area (Å²) in [5.74, 6) is 3.53. The van der Waals surface area contributed by atoms with Gasteiger partial charge in [-0.25, -0.2) is 0 Å². The highest BCUT2D eigenvalue weighted by Crippen LogP contribution is 2.58. The van der Waals surface area contributed by atoms with Crippen molar-refractivity contribution in [3.05, 3.63) is 10.6 Å². The monoisotopic (exact) mass is 320 g/mol. The number of carbonyl (C=O) groups excluding carboxylic acids is 1. The van der Waals surface area contributed by atoms with Crippen LogP contribution in [0.3, 0.4) is 0 Å². The number of fused-ring (bicyclic) bond motifs is 1. The Morgan fingerprint density at radius 2 is 2.09 bits per heavy atom. The molecule has 1 aromatic heterocycles. The van der Waals surface area contributed by atoms with Crippen LogP contribution in [0.25, 0.3) is 0 Å². The van der Waals surface area contributed by atoms with Crippen LogP contribution in [-0.2, 0) is 11.3 Å². The predicted octanol–water partition coefficient (Wildman–Crippen LogP) is 2.71. The van der Waals surface area contributed by atoms with Gasteiger partial charge in [0.1, 0.15) is 5.82 Å². The van der Waals surface area contributed by atoms with Crippen LogP contribution in [0.1, 0.15) is 50.8 Å². The number of likely N-dealkylation sites (tertiary alicyclic amines) is 1. The number of hydrogen-bond donors (Lipinski definition) is 1. The van der Waals surface area contributed by atoms with Crippen LogP contribution in [-0.4, -0.2) is 38.7 Å². The second kappa shape index (κ2) is 5.48. The van der Waals surface area contributed by atoms with E-state index in [9.17, 15) is 4.79 Å². The lowest BCUT2D eigenvalue weighted by Gasteiger charge is -2.33. The summed E-state index contributed by atoms with van der Waals surface area (Å²) in [5, 5.41) is 7.34. The molecule has 0 unspecified atom stereocenters. The molecule has 0 spiro atoms. The molecule has 120 valence electrons. The Morgan fingerprint density at radius 3 is 2.82 bits per heavy atom. The van der Waals surface area contributed by atoms with Gasteiger partial charge in [0.05, 0.1) is 0 Å². The van der Waals surface area contributed by atoms with Crippen molar-refractivity contribution in [1.82, 2.24) is 19.7 Å². The standard InChI is InChI=1S/C16H24N4OS/c1-2-20-14(17-18-16(20)22)10-5-4-8-19(9-10)15(21)13-11-6-3-7-12(11)13/h10-13H,2-9H2,1H3,(H,18,22)/t10-,11+,12+/m1/s1. The molecule has 2 heterocycles. The third kappa shape index (κ3) is 2.23. The van der Waals surface area contributed by atoms with Gasteiger partial charge >= 0.3 is 0 Å². The summed E-state index contributed by atoms with van der Waals surface area (Å²) >= 11 is 5.29. The van der Waals surface area contributed by atoms with E-state index in [0.717, 1.165) is 38.3 Å². The van der Waals surface area contributed by atoms with Crippen LogP contribution in [0.4, 0.5) is 0 Å². The molecule has 0 aromatic carbocycles. The summed E-state index contributed by atoms with van der Waals surface area (Å²) in [6.07, 6.45) is 6.04. The molecular formula is C16H24N4OS. The highest BCUT2D eigenvalue weighted by Gasteiger charge is 2.57. The van der Waals surface area contributed by atoms with E-state index in [0.29, 0.717) is 34.3 Å². The fourth-order valence-electron chi connectivity index (χ4n) is 4.73. The summed E-state index contributed by atoms with van der Waals surface area (Å²) in [6.45, 7) is 4.66. The first-order chi connectivity index (χ1) is 10.7. The zero-order chi connectivity index (χ0) is 15.3. The van der Waals surface area contributed by atoms with Crippen LogP contribution >= 0.6 is 12.2 Å². The molecule has 2 aliphatic carbocycles. The van der Waals surface area contributed by atoms with Crippen LogP contribution in [0.2, 0.25) is 0 Å². The average molecular weight is 320 g/mol. The first-order valence-corrected chi connectivity index (χ1v) is 9.05. The van der Waals surface area contributed by atoms with Crippen molar-refractivity contribution in [2.24, 2.45) is 17.8 Å². The Labute approximate surface area is 136 Å². The van der Waals surface area contributed by atoms with E-state index in [4.69, 9.17) is 12.2 Å². The molecule has 5 nitrogen and oxygen atoms in total. The molecule has 1 amide bonds. The number of nitrogens with zero attached hydrogens (tertiary/aromatic N) is 3. The molecule has 0 bridgehead atoms. The van der Waals surface area contributed by atoms with Gasteiger partial charge in [-0.3, -0.25) is 9.89 Å². The van der Waals surface area contributed by atoms with Crippen molar-refractivity contribution < 1.29 is 4.79 Å². The minimum Gasteiger partial charge on any atom is -0.342 e. The first-order valence-electron chi connectivity index (χ1n) is 8.64. The number of rotatable bonds is 3. The highest BCUT2D eigenvalue weighted by atomic mass is 32.1. The summed E-state index contributed by atoms with van der Waals surface area (Å²) in [7, 11) is 0. The Hall–Kier alpha value is -1.17. The smallest absolute Gasteiger partial charge is 0.226 e. The summed E-state index contributed by atoms with van der Waals surface area (Å²) in [5.41, 5.74) is 0. The minimum atomic E-state index is 0.323. The van der Waals surface area contributed by atoms with Crippen molar-refractivity contribution in [2.45, 2.75) is 51.5 Å². The molecule has 1 saturated heterocycles. The minimum absolute atomic E-state index is 0.323. The first kappa shape index (κ1) is 14.4. The zero-order valence-corrected chi connectivity index (χ0v) is 13.9. The van der Waals surface area contributed by atoms with Crippen molar-refractivity contribution in [3.8, 4) is 0 Å². The van der Waals surface area contributed by atoms with Gasteiger partial charge in [0.2, 0.25) is 5.91 Å². The van der Waals surface area contributed by atoms with Gasteiger partial charge < -0.3 is 9.47 Å². The Bertz CT molecular complexity index is 626. The van der Waals surface area contributed by atoms with Gasteiger partial charge in [-0.15, -0.1) is 0 Å². The fourth-order valence-corrected chi connectivity index (χ4v) is 5.00. The molecule has 3 fully saturated rings. The van der Waals surface area contributed by atoms with Gasteiger partial charge in [-0.05, 0) is 56.7 Å². The maximum atomic E-state index is 12.8. The largest absolute Gasteiger partial charge is 0.342 e. The van der Waals surface area contributed by atoms with Crippen LogP contribution < -0.4 is 0 Å². The van der Waals surface area contributed by atoms with Crippen LogP contribution in [0.5, 0.6) is 0 Å². The van der Waals surface area contributed by atoms with Gasteiger partial charge in [0.25, 0.3) is 0 Å². The molecule has 2 saturated carbocycles. The lowest BCUT2D eigenvalue weighted by atomic mass is 9.96. The van der Waals surface area contributed by atoms with Gasteiger partial charge in [0, 0.05) is 31.5 Å². The summed E-state index contributed by atoms with van der Waals surface area (Å²) in [6, 6.07) is 0. The van der Waals surface area contributed by atoms with Crippen molar-refractivity contribution in [1.29, 1.82) is 0 Å². The van der Waals surface area contributed by atoms with E-state index < -0.39 is 0 Å². The Morgan fingerprint density at radius 1 is 1.32 bits per heavy atom. The molecule has 3 aliphatic rings. The Balaban J connectivity index is 1.48. The summed E-state index contributed by atoms with van der Waals surface area (Å²) in [4.78, 5) is 14.9. The number of carbonyl (C=O) groups is 1. The van der Waals surface area contributed by atoms with Crippen LogP contribution in [0.15, 0.2) is 0 Å². The van der Waals surface area contributed by atoms with Gasteiger partial charge in [0.15, 0.2) is 4.77 Å². The molecule has 6 heteroatoms. The van der Waals surface area contributed by atoms with Crippen LogP contribution in [0, 0.1) is 22.5 Å². The molecule has 4 rings (SSSR count). The second-order valence-corrected chi connectivity index (χ2v) is 7.43. The molecule has 1 N–H and O–H groups in total. The van der Waals surface area contributed by atoms with E-state index in [1.165, 1.54) is 19.3 Å². The lowest BCUT2D eigenvalue weighted by molar-refractivity contribution is -0.134.